The highest BCUT2D eigenvalue weighted by atomic mass is 16.5. The first-order valence-corrected chi connectivity index (χ1v) is 5.63. The molecule has 4 nitrogen and oxygen atoms in total. The molecule has 0 atom stereocenters. The van der Waals surface area contributed by atoms with Gasteiger partial charge in [0.2, 0.25) is 0 Å². The van der Waals surface area contributed by atoms with Crippen molar-refractivity contribution in [1.29, 1.82) is 0 Å². The largest absolute Gasteiger partial charge is 0.460 e. The Bertz CT molecular complexity index is 437. The lowest BCUT2D eigenvalue weighted by molar-refractivity contribution is -0.138. The predicted molar refractivity (Wildman–Crippen MR) is 70.9 cm³/mol. The second-order valence-electron chi connectivity index (χ2n) is 4.05. The van der Waals surface area contributed by atoms with E-state index in [9.17, 15) is 9.59 Å². The van der Waals surface area contributed by atoms with Gasteiger partial charge in [0.05, 0.1) is 6.54 Å². The third kappa shape index (κ3) is 4.05. The Morgan fingerprint density at radius 2 is 2.00 bits per heavy atom. The van der Waals surface area contributed by atoms with E-state index in [4.69, 9.17) is 4.74 Å². The predicted octanol–water partition coefficient (Wildman–Crippen LogP) is 2.05. The molecule has 1 aromatic rings. The number of carbonyl (C=O) groups excluding carboxylic acids is 2. The second kappa shape index (κ2) is 6.59. The molecule has 4 heteroatoms. The maximum absolute atomic E-state index is 11.2. The quantitative estimate of drug-likeness (QED) is 0.438. The minimum Gasteiger partial charge on any atom is -0.460 e. The van der Waals surface area contributed by atoms with Gasteiger partial charge in [-0.05, 0) is 31.2 Å². The zero-order valence-corrected chi connectivity index (χ0v) is 10.7. The lowest BCUT2D eigenvalue weighted by Crippen LogP contribution is -2.24. The summed E-state index contributed by atoms with van der Waals surface area (Å²) < 4.78 is 5.00. The molecule has 0 spiro atoms. The molecule has 0 aliphatic rings. The number of hydrogen-bond donors (Lipinski definition) is 0. The zero-order valence-electron chi connectivity index (χ0n) is 10.7. The van der Waals surface area contributed by atoms with Crippen LogP contribution in [0.5, 0.6) is 0 Å². The van der Waals surface area contributed by atoms with E-state index in [-0.39, 0.29) is 5.97 Å². The SMILES string of the molecule is C=C(C)C(=O)OCCN(C)c1ccc(C=O)cc1. The summed E-state index contributed by atoms with van der Waals surface area (Å²) in [7, 11) is 1.89. The summed E-state index contributed by atoms with van der Waals surface area (Å²) in [6, 6.07) is 7.20. The van der Waals surface area contributed by atoms with Gasteiger partial charge in [-0.3, -0.25) is 4.79 Å². The zero-order chi connectivity index (χ0) is 13.5. The summed E-state index contributed by atoms with van der Waals surface area (Å²) >= 11 is 0. The molecular formula is C14H17NO3. The van der Waals surface area contributed by atoms with Gasteiger partial charge in [-0.25, -0.2) is 4.79 Å². The van der Waals surface area contributed by atoms with E-state index in [0.29, 0.717) is 24.3 Å². The number of hydrogen-bond acceptors (Lipinski definition) is 4. The van der Waals surface area contributed by atoms with Crippen LogP contribution in [0.2, 0.25) is 0 Å². The first kappa shape index (κ1) is 14.0. The number of rotatable bonds is 6. The summed E-state index contributed by atoms with van der Waals surface area (Å²) in [5.41, 5.74) is 2.00. The molecule has 0 amide bonds. The van der Waals surface area contributed by atoms with Crippen molar-refractivity contribution in [2.45, 2.75) is 6.92 Å². The van der Waals surface area contributed by atoms with Gasteiger partial charge in [0, 0.05) is 23.9 Å². The Kier molecular flexibility index (Phi) is 5.11. The Labute approximate surface area is 107 Å². The van der Waals surface area contributed by atoms with Crippen molar-refractivity contribution in [2.24, 2.45) is 0 Å². The third-order valence-electron chi connectivity index (χ3n) is 2.48. The molecule has 0 heterocycles. The maximum Gasteiger partial charge on any atom is 0.333 e. The van der Waals surface area contributed by atoms with Gasteiger partial charge in [-0.15, -0.1) is 0 Å². The van der Waals surface area contributed by atoms with Gasteiger partial charge in [0.1, 0.15) is 12.9 Å². The lowest BCUT2D eigenvalue weighted by atomic mass is 10.2. The van der Waals surface area contributed by atoms with Gasteiger partial charge in [0.15, 0.2) is 0 Å². The molecule has 0 unspecified atom stereocenters. The van der Waals surface area contributed by atoms with Crippen molar-refractivity contribution in [3.63, 3.8) is 0 Å². The van der Waals surface area contributed by atoms with Gasteiger partial charge in [-0.2, -0.15) is 0 Å². The summed E-state index contributed by atoms with van der Waals surface area (Å²) in [5, 5.41) is 0. The number of ether oxygens (including phenoxy) is 1. The number of anilines is 1. The molecule has 0 N–H and O–H groups in total. The molecule has 0 aliphatic heterocycles. The Balaban J connectivity index is 2.44. The molecule has 0 saturated heterocycles. The van der Waals surface area contributed by atoms with E-state index in [0.717, 1.165) is 12.0 Å². The molecule has 0 radical (unpaired) electrons. The van der Waals surface area contributed by atoms with Gasteiger partial charge in [-0.1, -0.05) is 6.58 Å². The molecule has 0 aromatic heterocycles. The maximum atomic E-state index is 11.2. The fourth-order valence-corrected chi connectivity index (χ4v) is 1.33. The van der Waals surface area contributed by atoms with Gasteiger partial charge < -0.3 is 9.64 Å². The highest BCUT2D eigenvalue weighted by Gasteiger charge is 2.05. The van der Waals surface area contributed by atoms with Gasteiger partial charge >= 0.3 is 5.97 Å². The molecule has 1 aromatic carbocycles. The fraction of sp³-hybridized carbons (Fsp3) is 0.286. The topological polar surface area (TPSA) is 46.6 Å². The first-order chi connectivity index (χ1) is 8.54. The van der Waals surface area contributed by atoms with Crippen LogP contribution in [-0.2, 0) is 9.53 Å². The summed E-state index contributed by atoms with van der Waals surface area (Å²) in [6.07, 6.45) is 0.804. The van der Waals surface area contributed by atoms with Crippen LogP contribution in [0.25, 0.3) is 0 Å². The van der Waals surface area contributed by atoms with Crippen LogP contribution in [-0.4, -0.2) is 32.5 Å². The molecule has 18 heavy (non-hydrogen) atoms. The van der Waals surface area contributed by atoms with Crippen molar-refractivity contribution < 1.29 is 14.3 Å². The van der Waals surface area contributed by atoms with Crippen LogP contribution >= 0.6 is 0 Å². The summed E-state index contributed by atoms with van der Waals surface area (Å²) in [6.45, 7) is 6.01. The van der Waals surface area contributed by atoms with Crippen LogP contribution < -0.4 is 4.90 Å². The smallest absolute Gasteiger partial charge is 0.333 e. The standard InChI is InChI=1S/C14H17NO3/c1-11(2)14(17)18-9-8-15(3)13-6-4-12(10-16)5-7-13/h4-7,10H,1,8-9H2,2-3H3. The number of esters is 1. The minimum absolute atomic E-state index is 0.303. The van der Waals surface area contributed by atoms with Crippen molar-refractivity contribution >= 4 is 17.9 Å². The van der Waals surface area contributed by atoms with Crippen LogP contribution in [0, 0.1) is 0 Å². The molecule has 1 rings (SSSR count). The van der Waals surface area contributed by atoms with Crippen LogP contribution in [0.15, 0.2) is 36.4 Å². The van der Waals surface area contributed by atoms with Crippen LogP contribution in [0.4, 0.5) is 5.69 Å². The number of nitrogens with zero attached hydrogens (tertiary/aromatic N) is 1. The van der Waals surface area contributed by atoms with Crippen LogP contribution in [0.1, 0.15) is 17.3 Å². The van der Waals surface area contributed by atoms with Crippen molar-refractivity contribution in [3.8, 4) is 0 Å². The summed E-state index contributed by atoms with van der Waals surface area (Å²) in [4.78, 5) is 23.6. The Morgan fingerprint density at radius 3 is 2.50 bits per heavy atom. The lowest BCUT2D eigenvalue weighted by Gasteiger charge is -2.19. The number of benzene rings is 1. The molecule has 96 valence electrons. The summed E-state index contributed by atoms with van der Waals surface area (Å²) in [5.74, 6) is -0.375. The first-order valence-electron chi connectivity index (χ1n) is 5.63. The Hall–Kier alpha value is -2.10. The highest BCUT2D eigenvalue weighted by Crippen LogP contribution is 2.12. The molecule has 0 fully saturated rings. The third-order valence-corrected chi connectivity index (χ3v) is 2.48. The van der Waals surface area contributed by atoms with Crippen molar-refractivity contribution in [3.05, 3.63) is 42.0 Å². The fourth-order valence-electron chi connectivity index (χ4n) is 1.33. The molecule has 0 bridgehead atoms. The van der Waals surface area contributed by atoms with Crippen molar-refractivity contribution in [1.82, 2.24) is 0 Å². The normalized spacial score (nSPS) is 9.67. The second-order valence-corrected chi connectivity index (χ2v) is 4.05. The molecular weight excluding hydrogens is 230 g/mol. The van der Waals surface area contributed by atoms with Crippen molar-refractivity contribution in [2.75, 3.05) is 25.1 Å². The molecule has 0 aliphatic carbocycles. The number of aldehydes is 1. The Morgan fingerprint density at radius 1 is 1.39 bits per heavy atom. The average Bonchev–Trinajstić information content (AvgIpc) is 2.38. The molecule has 0 saturated carbocycles. The van der Waals surface area contributed by atoms with E-state index in [1.165, 1.54) is 0 Å². The van der Waals surface area contributed by atoms with E-state index in [2.05, 4.69) is 6.58 Å². The van der Waals surface area contributed by atoms with Crippen LogP contribution in [0.3, 0.4) is 0 Å². The number of carbonyl (C=O) groups is 2. The van der Waals surface area contributed by atoms with Gasteiger partial charge in [0.25, 0.3) is 0 Å². The average molecular weight is 247 g/mol. The number of likely N-dealkylation sites (N-methyl/N-ethyl adjacent to an activating group) is 1. The van der Waals surface area contributed by atoms with E-state index >= 15 is 0 Å². The van der Waals surface area contributed by atoms with E-state index < -0.39 is 0 Å². The highest BCUT2D eigenvalue weighted by molar-refractivity contribution is 5.86. The van der Waals surface area contributed by atoms with E-state index in [1.807, 2.05) is 24.1 Å². The minimum atomic E-state index is -0.375. The van der Waals surface area contributed by atoms with E-state index in [1.54, 1.807) is 19.1 Å². The monoisotopic (exact) mass is 247 g/mol.